The molecule has 1 aliphatic carbocycles. The summed E-state index contributed by atoms with van der Waals surface area (Å²) in [5.74, 6) is 1.45. The summed E-state index contributed by atoms with van der Waals surface area (Å²) in [5, 5.41) is 10.4. The molecule has 0 aromatic heterocycles. The molecule has 1 aliphatic rings. The van der Waals surface area contributed by atoms with Crippen molar-refractivity contribution < 1.29 is 5.11 Å². The van der Waals surface area contributed by atoms with Crippen molar-refractivity contribution in [3.63, 3.8) is 0 Å². The van der Waals surface area contributed by atoms with Gasteiger partial charge < -0.3 is 10.8 Å². The average molecular weight is 279 g/mol. The van der Waals surface area contributed by atoms with Crippen molar-refractivity contribution in [2.45, 2.75) is 50.0 Å². The predicted octanol–water partition coefficient (Wildman–Crippen LogP) is 3.28. The Bertz CT molecular complexity index is 435. The van der Waals surface area contributed by atoms with Crippen LogP contribution >= 0.6 is 11.8 Å². The van der Waals surface area contributed by atoms with Gasteiger partial charge >= 0.3 is 0 Å². The summed E-state index contributed by atoms with van der Waals surface area (Å²) in [7, 11) is 0. The van der Waals surface area contributed by atoms with E-state index < -0.39 is 5.60 Å². The van der Waals surface area contributed by atoms with Crippen LogP contribution in [0.5, 0.6) is 0 Å². The van der Waals surface area contributed by atoms with Crippen LogP contribution in [0.1, 0.15) is 36.8 Å². The van der Waals surface area contributed by atoms with Crippen LogP contribution in [-0.2, 0) is 0 Å². The molecule has 0 bridgehead atoms. The Labute approximate surface area is 120 Å². The van der Waals surface area contributed by atoms with Gasteiger partial charge in [-0.25, -0.2) is 0 Å². The Morgan fingerprint density at radius 3 is 2.95 bits per heavy atom. The van der Waals surface area contributed by atoms with Crippen LogP contribution in [0.25, 0.3) is 0 Å². The molecule has 0 saturated heterocycles. The molecule has 0 aliphatic heterocycles. The van der Waals surface area contributed by atoms with Crippen LogP contribution in [0, 0.1) is 19.8 Å². The van der Waals surface area contributed by atoms with Crippen LogP contribution in [0.2, 0.25) is 0 Å². The van der Waals surface area contributed by atoms with Gasteiger partial charge in [0.1, 0.15) is 0 Å². The standard InChI is InChI=1S/C16H25NOS/c1-12-5-6-13(2)15(10-12)19-9-7-14-4-3-8-16(14,18)11-17/h5-6,10,14,18H,3-4,7-9,11,17H2,1-2H3. The number of aryl methyl sites for hydroxylation is 2. The predicted molar refractivity (Wildman–Crippen MR) is 82.6 cm³/mol. The van der Waals surface area contributed by atoms with Crippen molar-refractivity contribution >= 4 is 11.8 Å². The molecular weight excluding hydrogens is 254 g/mol. The van der Waals surface area contributed by atoms with Gasteiger partial charge in [-0.1, -0.05) is 24.1 Å². The van der Waals surface area contributed by atoms with Gasteiger partial charge in [0.2, 0.25) is 0 Å². The van der Waals surface area contributed by atoms with Gasteiger partial charge in [-0.3, -0.25) is 0 Å². The fourth-order valence-electron chi connectivity index (χ4n) is 2.98. The first kappa shape index (κ1) is 14.9. The third-order valence-electron chi connectivity index (χ3n) is 4.34. The Morgan fingerprint density at radius 2 is 2.21 bits per heavy atom. The number of hydrogen-bond donors (Lipinski definition) is 2. The van der Waals surface area contributed by atoms with Crippen LogP contribution in [0.15, 0.2) is 23.1 Å². The third-order valence-corrected chi connectivity index (χ3v) is 5.53. The maximum absolute atomic E-state index is 10.4. The lowest BCUT2D eigenvalue weighted by molar-refractivity contribution is 0.0104. The summed E-state index contributed by atoms with van der Waals surface area (Å²) in [6, 6.07) is 6.59. The lowest BCUT2D eigenvalue weighted by Gasteiger charge is -2.28. The van der Waals surface area contributed by atoms with Gasteiger partial charge in [-0.2, -0.15) is 0 Å². The van der Waals surface area contributed by atoms with E-state index >= 15 is 0 Å². The molecule has 0 spiro atoms. The van der Waals surface area contributed by atoms with Gasteiger partial charge in [0, 0.05) is 11.4 Å². The zero-order valence-electron chi connectivity index (χ0n) is 12.0. The molecule has 106 valence electrons. The van der Waals surface area contributed by atoms with E-state index in [1.807, 2.05) is 11.8 Å². The Morgan fingerprint density at radius 1 is 1.42 bits per heavy atom. The van der Waals surface area contributed by atoms with E-state index in [0.717, 1.165) is 31.4 Å². The number of rotatable bonds is 5. The molecule has 1 aromatic carbocycles. The van der Waals surface area contributed by atoms with Crippen molar-refractivity contribution in [2.24, 2.45) is 11.7 Å². The lowest BCUT2D eigenvalue weighted by Crippen LogP contribution is -2.41. The van der Waals surface area contributed by atoms with E-state index in [1.54, 1.807) is 0 Å². The first-order chi connectivity index (χ1) is 9.05. The second-order valence-electron chi connectivity index (χ2n) is 5.80. The van der Waals surface area contributed by atoms with Crippen molar-refractivity contribution in [1.82, 2.24) is 0 Å². The van der Waals surface area contributed by atoms with Gasteiger partial charge in [-0.15, -0.1) is 11.8 Å². The first-order valence-corrected chi connectivity index (χ1v) is 8.16. The summed E-state index contributed by atoms with van der Waals surface area (Å²) in [4.78, 5) is 1.37. The van der Waals surface area contributed by atoms with Crippen LogP contribution in [0.3, 0.4) is 0 Å². The molecule has 2 unspecified atom stereocenters. The Balaban J connectivity index is 1.88. The maximum Gasteiger partial charge on any atom is 0.0797 e. The molecule has 0 amide bonds. The maximum atomic E-state index is 10.4. The Hall–Kier alpha value is -0.510. The fourth-order valence-corrected chi connectivity index (χ4v) is 4.17. The van der Waals surface area contributed by atoms with E-state index in [9.17, 15) is 5.11 Å². The van der Waals surface area contributed by atoms with Gasteiger partial charge in [0.25, 0.3) is 0 Å². The molecule has 0 heterocycles. The summed E-state index contributed by atoms with van der Waals surface area (Å²) >= 11 is 1.91. The Kier molecular flexibility index (Phi) is 4.93. The second kappa shape index (κ2) is 6.29. The molecule has 3 heteroatoms. The monoisotopic (exact) mass is 279 g/mol. The highest BCUT2D eigenvalue weighted by molar-refractivity contribution is 7.99. The molecule has 2 rings (SSSR count). The average Bonchev–Trinajstić information content (AvgIpc) is 2.76. The van der Waals surface area contributed by atoms with Crippen LogP contribution in [0.4, 0.5) is 0 Å². The number of benzene rings is 1. The highest BCUT2D eigenvalue weighted by Gasteiger charge is 2.39. The minimum atomic E-state index is -0.595. The lowest BCUT2D eigenvalue weighted by atomic mass is 9.89. The largest absolute Gasteiger partial charge is 0.388 e. The SMILES string of the molecule is Cc1ccc(C)c(SCCC2CCCC2(O)CN)c1. The normalized spacial score (nSPS) is 26.8. The molecule has 1 aromatic rings. The number of thioether (sulfide) groups is 1. The summed E-state index contributed by atoms with van der Waals surface area (Å²) in [5.41, 5.74) is 7.79. The molecule has 2 nitrogen and oxygen atoms in total. The van der Waals surface area contributed by atoms with E-state index in [0.29, 0.717) is 12.5 Å². The van der Waals surface area contributed by atoms with Crippen LogP contribution < -0.4 is 5.73 Å². The van der Waals surface area contributed by atoms with Crippen molar-refractivity contribution in [3.8, 4) is 0 Å². The third kappa shape index (κ3) is 3.53. The molecule has 0 radical (unpaired) electrons. The summed E-state index contributed by atoms with van der Waals surface area (Å²) in [6.45, 7) is 4.70. The van der Waals surface area contributed by atoms with Crippen molar-refractivity contribution in [3.05, 3.63) is 29.3 Å². The first-order valence-electron chi connectivity index (χ1n) is 7.17. The van der Waals surface area contributed by atoms with E-state index in [-0.39, 0.29) is 0 Å². The molecule has 1 fully saturated rings. The minimum Gasteiger partial charge on any atom is -0.388 e. The number of nitrogens with two attached hydrogens (primary N) is 1. The highest BCUT2D eigenvalue weighted by atomic mass is 32.2. The highest BCUT2D eigenvalue weighted by Crippen LogP contribution is 2.38. The summed E-state index contributed by atoms with van der Waals surface area (Å²) in [6.07, 6.45) is 4.18. The molecule has 3 N–H and O–H groups in total. The second-order valence-corrected chi connectivity index (χ2v) is 6.94. The topological polar surface area (TPSA) is 46.2 Å². The van der Waals surface area contributed by atoms with Gasteiger partial charge in [-0.05, 0) is 56.4 Å². The van der Waals surface area contributed by atoms with Crippen LogP contribution in [-0.4, -0.2) is 23.0 Å². The van der Waals surface area contributed by atoms with E-state index in [4.69, 9.17) is 5.73 Å². The van der Waals surface area contributed by atoms with Gasteiger partial charge in [0.05, 0.1) is 5.60 Å². The quantitative estimate of drug-likeness (QED) is 0.813. The molecular formula is C16H25NOS. The van der Waals surface area contributed by atoms with Crippen molar-refractivity contribution in [2.75, 3.05) is 12.3 Å². The number of hydrogen-bond acceptors (Lipinski definition) is 3. The van der Waals surface area contributed by atoms with E-state index in [1.165, 1.54) is 16.0 Å². The molecule has 19 heavy (non-hydrogen) atoms. The fraction of sp³-hybridized carbons (Fsp3) is 0.625. The smallest absolute Gasteiger partial charge is 0.0797 e. The summed E-state index contributed by atoms with van der Waals surface area (Å²) < 4.78 is 0. The zero-order chi connectivity index (χ0) is 13.9. The molecule has 2 atom stereocenters. The number of aliphatic hydroxyl groups is 1. The van der Waals surface area contributed by atoms with E-state index in [2.05, 4.69) is 32.0 Å². The molecule has 1 saturated carbocycles. The van der Waals surface area contributed by atoms with Gasteiger partial charge in [0.15, 0.2) is 0 Å². The minimum absolute atomic E-state index is 0.384. The zero-order valence-corrected chi connectivity index (χ0v) is 12.8. The van der Waals surface area contributed by atoms with Crippen molar-refractivity contribution in [1.29, 1.82) is 0 Å².